The molecule has 0 amide bonds. The zero-order valence-corrected chi connectivity index (χ0v) is 18.0. The number of nitrogens with one attached hydrogen (secondary N) is 2. The largest absolute Gasteiger partial charge is 0.417 e. The third-order valence-electron chi connectivity index (χ3n) is 5.52. The van der Waals surface area contributed by atoms with Crippen molar-refractivity contribution < 1.29 is 35.3 Å². The van der Waals surface area contributed by atoms with E-state index in [1.165, 1.54) is 12.1 Å². The number of benzene rings is 2. The van der Waals surface area contributed by atoms with E-state index in [1.54, 1.807) is 41.6 Å². The average molecular weight is 508 g/mol. The zero-order chi connectivity index (χ0) is 25.7. The van der Waals surface area contributed by atoms with E-state index < -0.39 is 34.9 Å². The molecule has 0 fully saturated rings. The van der Waals surface area contributed by atoms with Crippen LogP contribution in [0.3, 0.4) is 0 Å². The summed E-state index contributed by atoms with van der Waals surface area (Å²) >= 11 is 0. The van der Waals surface area contributed by atoms with Gasteiger partial charge in [-0.2, -0.15) is 26.3 Å². The lowest BCUT2D eigenvalue weighted by Crippen LogP contribution is -2.26. The van der Waals surface area contributed by atoms with E-state index in [1.807, 2.05) is 0 Å². The molecule has 0 aliphatic carbocycles. The lowest BCUT2D eigenvalue weighted by molar-refractivity contribution is -0.142. The molecule has 0 radical (unpaired) electrons. The van der Waals surface area contributed by atoms with Crippen LogP contribution in [-0.4, -0.2) is 15.1 Å². The molecule has 3 heterocycles. The Labute approximate surface area is 198 Å². The fraction of sp³-hybridized carbons (Fsp3) is 0.125. The molecule has 5 nitrogen and oxygen atoms in total. The Morgan fingerprint density at radius 3 is 2.39 bits per heavy atom. The van der Waals surface area contributed by atoms with Gasteiger partial charge < -0.3 is 9.51 Å². The maximum Gasteiger partial charge on any atom is 0.417 e. The lowest BCUT2D eigenvalue weighted by atomic mass is 10.0. The van der Waals surface area contributed by atoms with Crippen molar-refractivity contribution in [1.29, 1.82) is 0 Å². The van der Waals surface area contributed by atoms with Crippen molar-refractivity contribution in [3.8, 4) is 22.5 Å². The highest BCUT2D eigenvalue weighted by Gasteiger charge is 2.39. The van der Waals surface area contributed by atoms with Gasteiger partial charge in [-0.15, -0.1) is 0 Å². The van der Waals surface area contributed by atoms with Gasteiger partial charge in [0, 0.05) is 29.0 Å². The van der Waals surface area contributed by atoms with Crippen LogP contribution in [0, 0.1) is 5.82 Å². The van der Waals surface area contributed by atoms with Crippen molar-refractivity contribution in [2.24, 2.45) is 0 Å². The molecule has 5 rings (SSSR count). The number of hydrogen-bond acceptors (Lipinski definition) is 4. The number of hydrazine groups is 1. The molecule has 186 valence electrons. The predicted octanol–water partition coefficient (Wildman–Crippen LogP) is 7.33. The van der Waals surface area contributed by atoms with Gasteiger partial charge in [0.2, 0.25) is 0 Å². The monoisotopic (exact) mass is 508 g/mol. The minimum absolute atomic E-state index is 0.0268. The molecule has 0 unspecified atom stereocenters. The van der Waals surface area contributed by atoms with Crippen molar-refractivity contribution >= 4 is 11.9 Å². The van der Waals surface area contributed by atoms with Crippen molar-refractivity contribution in [2.75, 3.05) is 5.43 Å². The van der Waals surface area contributed by atoms with Crippen LogP contribution in [0.4, 0.5) is 36.6 Å². The maximum absolute atomic E-state index is 14.1. The van der Waals surface area contributed by atoms with Crippen LogP contribution in [0.2, 0.25) is 0 Å². The number of aromatic amines is 1. The first-order valence-corrected chi connectivity index (χ1v) is 10.4. The highest BCUT2D eigenvalue weighted by molar-refractivity contribution is 5.75. The highest BCUT2D eigenvalue weighted by Crippen LogP contribution is 2.41. The summed E-state index contributed by atoms with van der Waals surface area (Å²) in [6.45, 7) is 0.0268. The van der Waals surface area contributed by atoms with Gasteiger partial charge in [0.15, 0.2) is 5.76 Å². The van der Waals surface area contributed by atoms with Crippen molar-refractivity contribution in [1.82, 2.24) is 15.1 Å². The molecule has 0 saturated heterocycles. The molecule has 2 aromatic carbocycles. The predicted molar refractivity (Wildman–Crippen MR) is 116 cm³/mol. The second-order valence-corrected chi connectivity index (χ2v) is 7.98. The van der Waals surface area contributed by atoms with E-state index in [-0.39, 0.29) is 24.1 Å². The average Bonchev–Trinajstić information content (AvgIpc) is 3.44. The molecule has 36 heavy (non-hydrogen) atoms. The molecule has 4 aromatic rings. The number of nitrogens with zero attached hydrogens (tertiary/aromatic N) is 2. The summed E-state index contributed by atoms with van der Waals surface area (Å²) in [6.07, 6.45) is -6.58. The van der Waals surface area contributed by atoms with E-state index in [4.69, 9.17) is 4.52 Å². The molecule has 0 saturated carbocycles. The SMILES string of the molecule is Fc1ccccc1-c1cc2c([nH]1)NN(Cc1cc(-c3ccc(C(F)(F)F)cc3C(F)(F)F)no1)C=C2. The van der Waals surface area contributed by atoms with Gasteiger partial charge in [-0.1, -0.05) is 23.4 Å². The summed E-state index contributed by atoms with van der Waals surface area (Å²) in [7, 11) is 0. The van der Waals surface area contributed by atoms with Crippen molar-refractivity contribution in [3.63, 3.8) is 0 Å². The Morgan fingerprint density at radius 1 is 0.889 bits per heavy atom. The van der Waals surface area contributed by atoms with Crippen LogP contribution >= 0.6 is 0 Å². The minimum Gasteiger partial charge on any atom is -0.359 e. The van der Waals surface area contributed by atoms with E-state index in [0.717, 1.165) is 11.6 Å². The molecule has 0 spiro atoms. The number of anilines is 1. The standard InChI is InChI=1S/C24H15F7N4O/c25-19-4-2-1-3-17(19)20-9-13-7-8-35(33-22(13)32-20)12-15-11-21(34-36-15)16-6-5-14(23(26,27)28)10-18(16)24(29,30)31/h1-11,32-33H,12H2. The lowest BCUT2D eigenvalue weighted by Gasteiger charge is -2.24. The third-order valence-corrected chi connectivity index (χ3v) is 5.52. The van der Waals surface area contributed by atoms with Crippen LogP contribution in [-0.2, 0) is 18.9 Å². The van der Waals surface area contributed by atoms with Gasteiger partial charge in [0.05, 0.1) is 23.4 Å². The van der Waals surface area contributed by atoms with Crippen LogP contribution in [0.5, 0.6) is 0 Å². The quantitative estimate of drug-likeness (QED) is 0.284. The van der Waals surface area contributed by atoms with E-state index in [9.17, 15) is 30.7 Å². The summed E-state index contributed by atoms with van der Waals surface area (Å²) < 4.78 is 98.6. The topological polar surface area (TPSA) is 57.1 Å². The summed E-state index contributed by atoms with van der Waals surface area (Å²) in [4.78, 5) is 3.07. The molecular formula is C24H15F7N4O. The molecule has 2 aromatic heterocycles. The van der Waals surface area contributed by atoms with E-state index >= 15 is 0 Å². The Morgan fingerprint density at radius 2 is 1.67 bits per heavy atom. The van der Waals surface area contributed by atoms with Gasteiger partial charge in [0.25, 0.3) is 0 Å². The Balaban J connectivity index is 1.36. The summed E-state index contributed by atoms with van der Waals surface area (Å²) in [5.74, 6) is 0.310. The number of fused-ring (bicyclic) bond motifs is 1. The van der Waals surface area contributed by atoms with Gasteiger partial charge in [-0.3, -0.25) is 10.4 Å². The molecule has 12 heteroatoms. The van der Waals surface area contributed by atoms with Crippen LogP contribution < -0.4 is 5.43 Å². The molecule has 1 aliphatic heterocycles. The van der Waals surface area contributed by atoms with Gasteiger partial charge in [-0.05, 0) is 36.4 Å². The van der Waals surface area contributed by atoms with Crippen LogP contribution in [0.1, 0.15) is 22.5 Å². The Hall–Kier alpha value is -4.22. The van der Waals surface area contributed by atoms with E-state index in [2.05, 4.69) is 15.6 Å². The first-order chi connectivity index (χ1) is 17.0. The molecule has 2 N–H and O–H groups in total. The number of aromatic nitrogens is 2. The number of rotatable bonds is 4. The molecule has 0 atom stereocenters. The molecule has 1 aliphatic rings. The summed E-state index contributed by atoms with van der Waals surface area (Å²) in [5, 5.41) is 5.18. The Bertz CT molecular complexity index is 1450. The summed E-state index contributed by atoms with van der Waals surface area (Å²) in [6, 6.07) is 10.6. The van der Waals surface area contributed by atoms with Crippen molar-refractivity contribution in [3.05, 3.63) is 89.1 Å². The van der Waals surface area contributed by atoms with Gasteiger partial charge >= 0.3 is 12.4 Å². The number of hydrogen-bond donors (Lipinski definition) is 2. The summed E-state index contributed by atoms with van der Waals surface area (Å²) in [5.41, 5.74) is 1.04. The fourth-order valence-electron chi connectivity index (χ4n) is 3.82. The van der Waals surface area contributed by atoms with Crippen LogP contribution in [0.15, 0.2) is 65.3 Å². The first kappa shape index (κ1) is 23.5. The number of halogens is 7. The second kappa shape index (κ2) is 8.47. The second-order valence-electron chi connectivity index (χ2n) is 7.98. The third kappa shape index (κ3) is 4.53. The zero-order valence-electron chi connectivity index (χ0n) is 18.0. The molecular weight excluding hydrogens is 493 g/mol. The smallest absolute Gasteiger partial charge is 0.359 e. The van der Waals surface area contributed by atoms with E-state index in [0.29, 0.717) is 23.1 Å². The minimum atomic E-state index is -5.03. The van der Waals surface area contributed by atoms with Gasteiger partial charge in [-0.25, -0.2) is 4.39 Å². The van der Waals surface area contributed by atoms with Gasteiger partial charge in [0.1, 0.15) is 17.3 Å². The highest BCUT2D eigenvalue weighted by atomic mass is 19.4. The normalized spacial score (nSPS) is 13.6. The number of alkyl halides is 6. The maximum atomic E-state index is 14.1. The molecule has 0 bridgehead atoms. The van der Waals surface area contributed by atoms with Crippen molar-refractivity contribution in [2.45, 2.75) is 18.9 Å². The number of H-pyrrole nitrogens is 1. The van der Waals surface area contributed by atoms with Crippen LogP contribution in [0.25, 0.3) is 28.6 Å². The Kier molecular flexibility index (Phi) is 5.53. The first-order valence-electron chi connectivity index (χ1n) is 10.4. The fourth-order valence-corrected chi connectivity index (χ4v) is 3.82.